The number of non-ortho nitro benzene ring substituents is 1. The molecule has 0 aliphatic heterocycles. The van der Waals surface area contributed by atoms with Crippen LogP contribution in [0.25, 0.3) is 11.3 Å². The number of hydrogen-bond donors (Lipinski definition) is 1. The molecule has 98 valence electrons. The van der Waals surface area contributed by atoms with Crippen LogP contribution in [-0.4, -0.2) is 17.0 Å². The van der Waals surface area contributed by atoms with E-state index in [1.165, 1.54) is 25.3 Å². The zero-order valence-electron chi connectivity index (χ0n) is 9.95. The van der Waals surface area contributed by atoms with Crippen molar-refractivity contribution in [2.45, 2.75) is 0 Å². The molecule has 0 aliphatic carbocycles. The smallest absolute Gasteiger partial charge is 0.270 e. The van der Waals surface area contributed by atoms with Crippen molar-refractivity contribution < 1.29 is 14.1 Å². The van der Waals surface area contributed by atoms with Crippen molar-refractivity contribution in [2.75, 3.05) is 7.11 Å². The van der Waals surface area contributed by atoms with Gasteiger partial charge in [0.1, 0.15) is 16.5 Å². The van der Waals surface area contributed by atoms with Gasteiger partial charge in [0.05, 0.1) is 17.6 Å². The molecule has 0 saturated carbocycles. The van der Waals surface area contributed by atoms with E-state index in [2.05, 4.69) is 0 Å². The van der Waals surface area contributed by atoms with E-state index in [1.807, 2.05) is 0 Å². The fourth-order valence-corrected chi connectivity index (χ4v) is 1.73. The lowest BCUT2D eigenvalue weighted by molar-refractivity contribution is -0.384. The van der Waals surface area contributed by atoms with E-state index in [0.29, 0.717) is 22.8 Å². The van der Waals surface area contributed by atoms with Gasteiger partial charge in [0.2, 0.25) is 0 Å². The molecule has 19 heavy (non-hydrogen) atoms. The van der Waals surface area contributed by atoms with Gasteiger partial charge in [-0.25, -0.2) is 0 Å². The Hall–Kier alpha value is -2.41. The number of rotatable bonds is 4. The van der Waals surface area contributed by atoms with E-state index < -0.39 is 4.92 Å². The number of nitro benzene ring substituents is 1. The maximum absolute atomic E-state index is 10.8. The Bertz CT molecular complexity index is 651. The van der Waals surface area contributed by atoms with Crippen LogP contribution in [0.15, 0.2) is 34.7 Å². The van der Waals surface area contributed by atoms with E-state index in [0.717, 1.165) is 0 Å². The second-order valence-electron chi connectivity index (χ2n) is 3.67. The van der Waals surface area contributed by atoms with Crippen LogP contribution < -0.4 is 10.5 Å². The molecule has 2 aromatic rings. The normalized spacial score (nSPS) is 10.2. The van der Waals surface area contributed by atoms with Crippen molar-refractivity contribution in [2.24, 2.45) is 5.73 Å². The Morgan fingerprint density at radius 3 is 2.68 bits per heavy atom. The number of ether oxygens (including phenoxy) is 1. The van der Waals surface area contributed by atoms with Gasteiger partial charge in [-0.05, 0) is 18.2 Å². The average molecular weight is 278 g/mol. The third-order valence-electron chi connectivity index (χ3n) is 2.51. The van der Waals surface area contributed by atoms with Crippen LogP contribution in [0.2, 0.25) is 0 Å². The molecule has 6 nitrogen and oxygen atoms in total. The fraction of sp³-hybridized carbons (Fsp3) is 0.0833. The highest BCUT2D eigenvalue weighted by Crippen LogP contribution is 2.34. The summed E-state index contributed by atoms with van der Waals surface area (Å²) in [5, 5.41) is 10.8. The topological polar surface area (TPSA) is 91.5 Å². The van der Waals surface area contributed by atoms with Crippen molar-refractivity contribution in [3.05, 3.63) is 46.2 Å². The van der Waals surface area contributed by atoms with Gasteiger partial charge in [-0.1, -0.05) is 12.2 Å². The van der Waals surface area contributed by atoms with Crippen LogP contribution in [-0.2, 0) is 0 Å². The second kappa shape index (κ2) is 5.07. The highest BCUT2D eigenvalue weighted by molar-refractivity contribution is 7.80. The molecule has 0 radical (unpaired) electrons. The van der Waals surface area contributed by atoms with Crippen LogP contribution in [0.5, 0.6) is 5.75 Å². The van der Waals surface area contributed by atoms with Crippen LogP contribution in [0.3, 0.4) is 0 Å². The Morgan fingerprint density at radius 1 is 1.42 bits per heavy atom. The molecule has 0 amide bonds. The van der Waals surface area contributed by atoms with Gasteiger partial charge in [-0.3, -0.25) is 10.1 Å². The first-order valence-electron chi connectivity index (χ1n) is 5.25. The molecule has 7 heteroatoms. The number of benzene rings is 1. The molecule has 2 N–H and O–H groups in total. The SMILES string of the molecule is COc1ccc([N+](=O)[O-])cc1-c1ccc(C(N)=S)o1. The highest BCUT2D eigenvalue weighted by atomic mass is 32.1. The molecular formula is C12H10N2O4S. The number of methoxy groups -OCH3 is 1. The minimum Gasteiger partial charge on any atom is -0.496 e. The van der Waals surface area contributed by atoms with E-state index in [4.69, 9.17) is 27.1 Å². The summed E-state index contributed by atoms with van der Waals surface area (Å²) in [7, 11) is 1.47. The zero-order valence-corrected chi connectivity index (χ0v) is 10.8. The van der Waals surface area contributed by atoms with Gasteiger partial charge in [-0.15, -0.1) is 0 Å². The van der Waals surface area contributed by atoms with Gasteiger partial charge in [-0.2, -0.15) is 0 Å². The third kappa shape index (κ3) is 2.55. The molecule has 0 aliphatic rings. The molecule has 1 heterocycles. The standard InChI is InChI=1S/C12H10N2O4S/c1-17-9-3-2-7(14(15)16)6-8(9)10-4-5-11(18-10)12(13)19/h2-6H,1H3,(H2,13,19). The maximum Gasteiger partial charge on any atom is 0.270 e. The van der Waals surface area contributed by atoms with E-state index >= 15 is 0 Å². The van der Waals surface area contributed by atoms with E-state index in [-0.39, 0.29) is 10.7 Å². The van der Waals surface area contributed by atoms with E-state index in [9.17, 15) is 10.1 Å². The molecular weight excluding hydrogens is 268 g/mol. The molecule has 1 aromatic carbocycles. The summed E-state index contributed by atoms with van der Waals surface area (Å²) in [6.07, 6.45) is 0. The number of nitrogens with zero attached hydrogens (tertiary/aromatic N) is 1. The van der Waals surface area contributed by atoms with Gasteiger partial charge < -0.3 is 14.9 Å². The van der Waals surface area contributed by atoms with Gasteiger partial charge >= 0.3 is 0 Å². The van der Waals surface area contributed by atoms with Crippen LogP contribution in [0.4, 0.5) is 5.69 Å². The highest BCUT2D eigenvalue weighted by Gasteiger charge is 2.16. The largest absolute Gasteiger partial charge is 0.496 e. The molecule has 0 atom stereocenters. The summed E-state index contributed by atoms with van der Waals surface area (Å²) >= 11 is 4.80. The van der Waals surface area contributed by atoms with Crippen molar-refractivity contribution in [3.8, 4) is 17.1 Å². The molecule has 0 unspecified atom stereocenters. The van der Waals surface area contributed by atoms with Crippen LogP contribution >= 0.6 is 12.2 Å². The first-order valence-corrected chi connectivity index (χ1v) is 5.66. The lowest BCUT2D eigenvalue weighted by atomic mass is 10.1. The fourth-order valence-electron chi connectivity index (χ4n) is 1.62. The maximum atomic E-state index is 10.8. The van der Waals surface area contributed by atoms with Gasteiger partial charge in [0, 0.05) is 12.1 Å². The quantitative estimate of drug-likeness (QED) is 0.525. The number of hydrogen-bond acceptors (Lipinski definition) is 5. The monoisotopic (exact) mass is 278 g/mol. The number of nitrogens with two attached hydrogens (primary N) is 1. The summed E-state index contributed by atoms with van der Waals surface area (Å²) in [5.74, 6) is 1.22. The summed E-state index contributed by atoms with van der Waals surface area (Å²) in [4.78, 5) is 10.4. The number of thiocarbonyl (C=S) groups is 1. The molecule has 0 bridgehead atoms. The minimum absolute atomic E-state index is 0.0518. The van der Waals surface area contributed by atoms with E-state index in [1.54, 1.807) is 12.1 Å². The second-order valence-corrected chi connectivity index (χ2v) is 4.11. The summed E-state index contributed by atoms with van der Waals surface area (Å²) in [5.41, 5.74) is 5.87. The predicted molar refractivity (Wildman–Crippen MR) is 73.2 cm³/mol. The molecule has 0 fully saturated rings. The summed E-state index contributed by atoms with van der Waals surface area (Å²) in [6, 6.07) is 7.49. The van der Waals surface area contributed by atoms with Gasteiger partial charge in [0.15, 0.2) is 5.76 Å². The van der Waals surface area contributed by atoms with Gasteiger partial charge in [0.25, 0.3) is 5.69 Å². The first-order chi connectivity index (χ1) is 9.02. The molecule has 1 aromatic heterocycles. The zero-order chi connectivity index (χ0) is 14.0. The van der Waals surface area contributed by atoms with Crippen molar-refractivity contribution >= 4 is 22.9 Å². The number of furan rings is 1. The van der Waals surface area contributed by atoms with Crippen LogP contribution in [0.1, 0.15) is 5.76 Å². The Kier molecular flexibility index (Phi) is 3.48. The third-order valence-corrected chi connectivity index (χ3v) is 2.71. The summed E-state index contributed by atoms with van der Waals surface area (Å²) in [6.45, 7) is 0. The molecule has 2 rings (SSSR count). The van der Waals surface area contributed by atoms with Crippen LogP contribution in [0, 0.1) is 10.1 Å². The summed E-state index contributed by atoms with van der Waals surface area (Å²) < 4.78 is 10.6. The van der Waals surface area contributed by atoms with Crippen molar-refractivity contribution in [1.82, 2.24) is 0 Å². The van der Waals surface area contributed by atoms with Crippen molar-refractivity contribution in [3.63, 3.8) is 0 Å². The molecule has 0 spiro atoms. The average Bonchev–Trinajstić information content (AvgIpc) is 2.87. The first kappa shape index (κ1) is 13.0. The Morgan fingerprint density at radius 2 is 2.16 bits per heavy atom. The van der Waals surface area contributed by atoms with Crippen molar-refractivity contribution in [1.29, 1.82) is 0 Å². The Labute approximate surface area is 113 Å². The minimum atomic E-state index is -0.486. The lowest BCUT2D eigenvalue weighted by Crippen LogP contribution is -2.07. The molecule has 0 saturated heterocycles. The predicted octanol–water partition coefficient (Wildman–Crippen LogP) is 2.50. The Balaban J connectivity index is 2.54. The number of nitro groups is 1. The lowest BCUT2D eigenvalue weighted by Gasteiger charge is -2.05.